The summed E-state index contributed by atoms with van der Waals surface area (Å²) < 4.78 is 5.16. The summed E-state index contributed by atoms with van der Waals surface area (Å²) in [5, 5.41) is 6.86. The second-order valence-corrected chi connectivity index (χ2v) is 5.65. The highest BCUT2D eigenvalue weighted by molar-refractivity contribution is 6.44. The Labute approximate surface area is 154 Å². The van der Waals surface area contributed by atoms with Gasteiger partial charge >= 0.3 is 0 Å². The fourth-order valence-electron chi connectivity index (χ4n) is 1.93. The molecule has 0 aliphatic rings. The van der Waals surface area contributed by atoms with Gasteiger partial charge in [-0.3, -0.25) is 9.59 Å². The van der Waals surface area contributed by atoms with E-state index in [1.807, 2.05) is 12.1 Å². The van der Waals surface area contributed by atoms with Crippen LogP contribution in [0.15, 0.2) is 47.6 Å². The molecule has 8 heteroatoms. The highest BCUT2D eigenvalue weighted by Crippen LogP contribution is 2.29. The van der Waals surface area contributed by atoms with E-state index in [1.54, 1.807) is 30.3 Å². The van der Waals surface area contributed by atoms with Crippen LogP contribution in [0.3, 0.4) is 0 Å². The maximum atomic E-state index is 11.9. The number of anilines is 1. The number of carbonyl (C=O) groups is 2. The minimum atomic E-state index is -0.568. The summed E-state index contributed by atoms with van der Waals surface area (Å²) in [6, 6.07) is 12.0. The van der Waals surface area contributed by atoms with Crippen molar-refractivity contribution in [2.45, 2.75) is 6.42 Å². The lowest BCUT2D eigenvalue weighted by atomic mass is 10.2. The molecule has 0 atom stereocenters. The maximum Gasteiger partial charge on any atom is 0.249 e. The first-order valence-electron chi connectivity index (χ1n) is 7.20. The number of amides is 2. The molecular formula is C17H15Cl2N3O3. The molecule has 2 amide bonds. The van der Waals surface area contributed by atoms with E-state index >= 15 is 0 Å². The summed E-state index contributed by atoms with van der Waals surface area (Å²) in [6.45, 7) is 0. The number of para-hydroxylation sites is 1. The fourth-order valence-corrected chi connectivity index (χ4v) is 2.27. The molecule has 0 fully saturated rings. The van der Waals surface area contributed by atoms with Crippen molar-refractivity contribution in [2.24, 2.45) is 5.10 Å². The first kappa shape index (κ1) is 18.8. The van der Waals surface area contributed by atoms with Crippen LogP contribution in [0.1, 0.15) is 12.0 Å². The molecule has 130 valence electrons. The zero-order valence-corrected chi connectivity index (χ0v) is 14.8. The third kappa shape index (κ3) is 5.48. The van der Waals surface area contributed by atoms with Gasteiger partial charge in [-0.1, -0.05) is 41.4 Å². The van der Waals surface area contributed by atoms with Crippen molar-refractivity contribution in [3.8, 4) is 5.75 Å². The van der Waals surface area contributed by atoms with E-state index in [2.05, 4.69) is 15.8 Å². The number of ether oxygens (including phenoxy) is 1. The summed E-state index contributed by atoms with van der Waals surface area (Å²) in [5.41, 5.74) is 3.31. The molecule has 0 aliphatic heterocycles. The van der Waals surface area contributed by atoms with Crippen molar-refractivity contribution in [1.82, 2.24) is 5.43 Å². The van der Waals surface area contributed by atoms with Crippen LogP contribution in [0, 0.1) is 0 Å². The lowest BCUT2D eigenvalue weighted by molar-refractivity contribution is -0.126. The number of hydrogen-bond donors (Lipinski definition) is 2. The molecule has 6 nitrogen and oxygen atoms in total. The van der Waals surface area contributed by atoms with Crippen LogP contribution in [0.2, 0.25) is 10.0 Å². The third-order valence-corrected chi connectivity index (χ3v) is 3.90. The smallest absolute Gasteiger partial charge is 0.249 e. The van der Waals surface area contributed by atoms with E-state index < -0.39 is 18.2 Å². The summed E-state index contributed by atoms with van der Waals surface area (Å²) >= 11 is 11.8. The molecule has 0 radical (unpaired) electrons. The third-order valence-electron chi connectivity index (χ3n) is 3.08. The Morgan fingerprint density at radius 1 is 1.12 bits per heavy atom. The van der Waals surface area contributed by atoms with E-state index in [9.17, 15) is 9.59 Å². The molecule has 25 heavy (non-hydrogen) atoms. The molecule has 0 saturated carbocycles. The van der Waals surface area contributed by atoms with Crippen molar-refractivity contribution < 1.29 is 14.3 Å². The summed E-state index contributed by atoms with van der Waals surface area (Å²) in [6.07, 6.45) is 1.02. The predicted octanol–water partition coefficient (Wildman–Crippen LogP) is 3.48. The van der Waals surface area contributed by atoms with Gasteiger partial charge in [0.15, 0.2) is 0 Å². The minimum Gasteiger partial charge on any atom is -0.496 e. The van der Waals surface area contributed by atoms with E-state index in [0.29, 0.717) is 22.0 Å². The standard InChI is InChI=1S/C17H15Cl2N3O3/c1-25-14-8-3-2-5-11(14)10-20-22-16(24)9-15(23)21-13-7-4-6-12(18)17(13)19/h2-8,10H,9H2,1H3,(H,21,23)(H,22,24). The van der Waals surface area contributed by atoms with E-state index in [-0.39, 0.29) is 5.02 Å². The van der Waals surface area contributed by atoms with E-state index in [1.165, 1.54) is 13.3 Å². The molecular weight excluding hydrogens is 365 g/mol. The number of methoxy groups -OCH3 is 1. The monoisotopic (exact) mass is 379 g/mol. The van der Waals surface area contributed by atoms with Crippen molar-refractivity contribution in [2.75, 3.05) is 12.4 Å². The number of nitrogens with one attached hydrogen (secondary N) is 2. The molecule has 0 aliphatic carbocycles. The number of nitrogens with zero attached hydrogens (tertiary/aromatic N) is 1. The summed E-state index contributed by atoms with van der Waals surface area (Å²) in [4.78, 5) is 23.6. The summed E-state index contributed by atoms with van der Waals surface area (Å²) in [5.74, 6) is -0.482. The zero-order chi connectivity index (χ0) is 18.2. The van der Waals surface area contributed by atoms with Crippen LogP contribution in [-0.2, 0) is 9.59 Å². The Morgan fingerprint density at radius 2 is 1.88 bits per heavy atom. The van der Waals surface area contributed by atoms with Crippen LogP contribution in [0.25, 0.3) is 0 Å². The quantitative estimate of drug-likeness (QED) is 0.458. The van der Waals surface area contributed by atoms with E-state index in [0.717, 1.165) is 0 Å². The second kappa shape index (κ2) is 9.05. The highest BCUT2D eigenvalue weighted by atomic mass is 35.5. The Balaban J connectivity index is 1.88. The Bertz CT molecular complexity index is 809. The molecule has 0 unspecified atom stereocenters. The summed E-state index contributed by atoms with van der Waals surface area (Å²) in [7, 11) is 1.54. The molecule has 0 saturated heterocycles. The average molecular weight is 380 g/mol. The molecule has 0 bridgehead atoms. The first-order valence-corrected chi connectivity index (χ1v) is 7.95. The molecule has 0 heterocycles. The lowest BCUT2D eigenvalue weighted by Gasteiger charge is -2.07. The first-order chi connectivity index (χ1) is 12.0. The second-order valence-electron chi connectivity index (χ2n) is 4.86. The van der Waals surface area contributed by atoms with Crippen LogP contribution in [0.5, 0.6) is 5.75 Å². The van der Waals surface area contributed by atoms with Gasteiger partial charge < -0.3 is 10.1 Å². The van der Waals surface area contributed by atoms with Gasteiger partial charge in [0.2, 0.25) is 11.8 Å². The fraction of sp³-hybridized carbons (Fsp3) is 0.118. The molecule has 2 rings (SSSR count). The SMILES string of the molecule is COc1ccccc1C=NNC(=O)CC(=O)Nc1cccc(Cl)c1Cl. The van der Waals surface area contributed by atoms with Gasteiger partial charge in [-0.2, -0.15) is 5.10 Å². The number of carbonyl (C=O) groups excluding carboxylic acids is 2. The van der Waals surface area contributed by atoms with Gasteiger partial charge in [-0.25, -0.2) is 5.43 Å². The number of hydrogen-bond acceptors (Lipinski definition) is 4. The van der Waals surface area contributed by atoms with Gasteiger partial charge in [0.05, 0.1) is 29.1 Å². The normalized spacial score (nSPS) is 10.5. The van der Waals surface area contributed by atoms with Gasteiger partial charge in [0.25, 0.3) is 0 Å². The number of benzene rings is 2. The molecule has 2 N–H and O–H groups in total. The van der Waals surface area contributed by atoms with Crippen molar-refractivity contribution in [3.05, 3.63) is 58.1 Å². The highest BCUT2D eigenvalue weighted by Gasteiger charge is 2.12. The van der Waals surface area contributed by atoms with Crippen LogP contribution in [-0.4, -0.2) is 25.1 Å². The number of hydrazone groups is 1. The maximum absolute atomic E-state index is 11.9. The predicted molar refractivity (Wildman–Crippen MR) is 98.4 cm³/mol. The molecule has 2 aromatic carbocycles. The van der Waals surface area contributed by atoms with E-state index in [4.69, 9.17) is 27.9 Å². The number of rotatable bonds is 6. The molecule has 0 aromatic heterocycles. The number of halogens is 2. The van der Waals surface area contributed by atoms with Crippen LogP contribution < -0.4 is 15.5 Å². The topological polar surface area (TPSA) is 79.8 Å². The van der Waals surface area contributed by atoms with Gasteiger partial charge in [-0.05, 0) is 24.3 Å². The van der Waals surface area contributed by atoms with Crippen LogP contribution in [0.4, 0.5) is 5.69 Å². The molecule has 2 aromatic rings. The Kier molecular flexibility index (Phi) is 6.80. The van der Waals surface area contributed by atoms with Crippen molar-refractivity contribution in [3.63, 3.8) is 0 Å². The zero-order valence-electron chi connectivity index (χ0n) is 13.3. The van der Waals surface area contributed by atoms with Crippen LogP contribution >= 0.6 is 23.2 Å². The van der Waals surface area contributed by atoms with Crippen molar-refractivity contribution >= 4 is 46.9 Å². The van der Waals surface area contributed by atoms with Gasteiger partial charge in [-0.15, -0.1) is 0 Å². The van der Waals surface area contributed by atoms with Gasteiger partial charge in [0.1, 0.15) is 12.2 Å². The molecule has 0 spiro atoms. The Hall–Kier alpha value is -2.57. The van der Waals surface area contributed by atoms with Crippen molar-refractivity contribution in [1.29, 1.82) is 0 Å². The average Bonchev–Trinajstić information content (AvgIpc) is 2.59. The lowest BCUT2D eigenvalue weighted by Crippen LogP contribution is -2.24. The largest absolute Gasteiger partial charge is 0.496 e. The van der Waals surface area contributed by atoms with Gasteiger partial charge in [0, 0.05) is 5.56 Å². The Morgan fingerprint density at radius 3 is 2.64 bits per heavy atom. The minimum absolute atomic E-state index is 0.215.